The van der Waals surface area contributed by atoms with Crippen molar-refractivity contribution in [3.8, 4) is 11.3 Å². The van der Waals surface area contributed by atoms with Gasteiger partial charge in [-0.05, 0) is 12.3 Å². The van der Waals surface area contributed by atoms with Gasteiger partial charge >= 0.3 is 0 Å². The van der Waals surface area contributed by atoms with Gasteiger partial charge in [-0.15, -0.1) is 12.4 Å². The maximum Gasteiger partial charge on any atom is 0.290 e. The number of nitrogens with two attached hydrogens (primary N) is 1. The molecule has 2 rings (SSSR count). The highest BCUT2D eigenvalue weighted by atomic mass is 35.5. The Bertz CT molecular complexity index is 584. The minimum atomic E-state index is -0.277. The van der Waals surface area contributed by atoms with Crippen LogP contribution in [-0.4, -0.2) is 23.7 Å². The summed E-state index contributed by atoms with van der Waals surface area (Å²) in [6.45, 7) is 4.59. The second-order valence-electron chi connectivity index (χ2n) is 5.48. The molecule has 1 heterocycles. The summed E-state index contributed by atoms with van der Waals surface area (Å²) in [5.41, 5.74) is 7.24. The zero-order valence-corrected chi connectivity index (χ0v) is 13.6. The van der Waals surface area contributed by atoms with Crippen LogP contribution in [0, 0.1) is 5.92 Å². The average molecular weight is 324 g/mol. The fraction of sp³-hybridized carbons (Fsp3) is 0.375. The number of carbonyl (C=O) groups excluding carboxylic acids is 1. The maximum atomic E-state index is 12.1. The Morgan fingerprint density at radius 1 is 1.32 bits per heavy atom. The lowest BCUT2D eigenvalue weighted by Gasteiger charge is -2.17. The van der Waals surface area contributed by atoms with Crippen molar-refractivity contribution in [2.24, 2.45) is 11.7 Å². The number of hydrogen-bond acceptors (Lipinski definition) is 4. The molecule has 1 aromatic carbocycles. The first-order valence-corrected chi connectivity index (χ1v) is 7.13. The van der Waals surface area contributed by atoms with Crippen molar-refractivity contribution in [1.29, 1.82) is 0 Å². The summed E-state index contributed by atoms with van der Waals surface area (Å²) < 4.78 is 5.13. The fourth-order valence-electron chi connectivity index (χ4n) is 2.17. The van der Waals surface area contributed by atoms with E-state index in [0.29, 0.717) is 18.2 Å². The van der Waals surface area contributed by atoms with E-state index in [9.17, 15) is 4.79 Å². The van der Waals surface area contributed by atoms with Gasteiger partial charge in [-0.25, -0.2) is 0 Å². The van der Waals surface area contributed by atoms with Gasteiger partial charge in [-0.1, -0.05) is 49.3 Å². The Morgan fingerprint density at radius 3 is 2.59 bits per heavy atom. The molecule has 6 heteroatoms. The molecule has 5 nitrogen and oxygen atoms in total. The zero-order chi connectivity index (χ0) is 15.2. The van der Waals surface area contributed by atoms with Gasteiger partial charge in [0.15, 0.2) is 0 Å². The summed E-state index contributed by atoms with van der Waals surface area (Å²) in [5, 5.41) is 6.82. The van der Waals surface area contributed by atoms with Crippen molar-refractivity contribution in [1.82, 2.24) is 10.5 Å². The first kappa shape index (κ1) is 18.2. The first-order chi connectivity index (χ1) is 10.1. The predicted octanol–water partition coefficient (Wildman–Crippen LogP) is 2.87. The third-order valence-corrected chi connectivity index (χ3v) is 3.18. The lowest BCUT2D eigenvalue weighted by molar-refractivity contribution is 0.0896. The molecule has 1 unspecified atom stereocenters. The number of aromatic nitrogens is 1. The normalized spacial score (nSPS) is 11.8. The smallest absolute Gasteiger partial charge is 0.290 e. The van der Waals surface area contributed by atoms with Crippen LogP contribution in [0.4, 0.5) is 0 Å². The number of benzene rings is 1. The van der Waals surface area contributed by atoms with E-state index in [2.05, 4.69) is 24.3 Å². The van der Waals surface area contributed by atoms with Gasteiger partial charge in [-0.2, -0.15) is 0 Å². The largest absolute Gasteiger partial charge is 0.350 e. The minimum absolute atomic E-state index is 0. The number of hydrogen-bond donors (Lipinski definition) is 2. The lowest BCUT2D eigenvalue weighted by Crippen LogP contribution is -2.40. The third kappa shape index (κ3) is 4.86. The van der Waals surface area contributed by atoms with Gasteiger partial charge in [0, 0.05) is 24.2 Å². The molecule has 1 atom stereocenters. The molecule has 0 bridgehead atoms. The van der Waals surface area contributed by atoms with Crippen molar-refractivity contribution in [2.75, 3.05) is 6.54 Å². The molecular formula is C16H22ClN3O2. The SMILES string of the molecule is CC(C)CC(CN)NC(=O)c1cc(-c2ccccc2)no1.Cl. The average Bonchev–Trinajstić information content (AvgIpc) is 2.97. The topological polar surface area (TPSA) is 81.1 Å². The molecule has 0 fully saturated rings. The Labute approximate surface area is 136 Å². The lowest BCUT2D eigenvalue weighted by atomic mass is 10.0. The van der Waals surface area contributed by atoms with Crippen LogP contribution in [-0.2, 0) is 0 Å². The van der Waals surface area contributed by atoms with E-state index in [1.165, 1.54) is 0 Å². The van der Waals surface area contributed by atoms with Crippen LogP contribution in [0.25, 0.3) is 11.3 Å². The van der Waals surface area contributed by atoms with Crippen LogP contribution in [0.5, 0.6) is 0 Å². The summed E-state index contributed by atoms with van der Waals surface area (Å²) in [5.74, 6) is 0.394. The third-order valence-electron chi connectivity index (χ3n) is 3.18. The van der Waals surface area contributed by atoms with Gasteiger partial charge in [-0.3, -0.25) is 4.79 Å². The van der Waals surface area contributed by atoms with Crippen LogP contribution in [0.3, 0.4) is 0 Å². The fourth-order valence-corrected chi connectivity index (χ4v) is 2.17. The monoisotopic (exact) mass is 323 g/mol. The first-order valence-electron chi connectivity index (χ1n) is 7.13. The summed E-state index contributed by atoms with van der Waals surface area (Å²) in [6.07, 6.45) is 0.835. The van der Waals surface area contributed by atoms with Crippen LogP contribution >= 0.6 is 12.4 Å². The number of carbonyl (C=O) groups is 1. The molecule has 0 radical (unpaired) electrons. The van der Waals surface area contributed by atoms with Crippen LogP contribution in [0.1, 0.15) is 30.8 Å². The Morgan fingerprint density at radius 2 is 2.00 bits per heavy atom. The summed E-state index contributed by atoms with van der Waals surface area (Å²) in [7, 11) is 0. The van der Waals surface area contributed by atoms with E-state index in [4.69, 9.17) is 10.3 Å². The van der Waals surface area contributed by atoms with E-state index in [-0.39, 0.29) is 30.1 Å². The van der Waals surface area contributed by atoms with Gasteiger partial charge in [0.25, 0.3) is 5.91 Å². The zero-order valence-electron chi connectivity index (χ0n) is 12.8. The van der Waals surface area contributed by atoms with Gasteiger partial charge < -0.3 is 15.6 Å². The van der Waals surface area contributed by atoms with Crippen LogP contribution < -0.4 is 11.1 Å². The second-order valence-corrected chi connectivity index (χ2v) is 5.48. The van der Waals surface area contributed by atoms with Crippen molar-refractivity contribution >= 4 is 18.3 Å². The van der Waals surface area contributed by atoms with Crippen molar-refractivity contribution in [2.45, 2.75) is 26.3 Å². The highest BCUT2D eigenvalue weighted by molar-refractivity contribution is 5.92. The van der Waals surface area contributed by atoms with Gasteiger partial charge in [0.05, 0.1) is 0 Å². The van der Waals surface area contributed by atoms with E-state index in [1.54, 1.807) is 6.07 Å². The van der Waals surface area contributed by atoms with E-state index in [1.807, 2.05) is 30.3 Å². The highest BCUT2D eigenvalue weighted by Crippen LogP contribution is 2.18. The summed E-state index contributed by atoms with van der Waals surface area (Å²) >= 11 is 0. The molecule has 0 saturated carbocycles. The van der Waals surface area contributed by atoms with E-state index < -0.39 is 0 Å². The van der Waals surface area contributed by atoms with Gasteiger partial charge in [0.1, 0.15) is 5.69 Å². The number of nitrogens with one attached hydrogen (secondary N) is 1. The quantitative estimate of drug-likeness (QED) is 0.856. The molecule has 1 aromatic heterocycles. The molecule has 0 aliphatic heterocycles. The molecule has 0 spiro atoms. The molecule has 1 amide bonds. The molecule has 3 N–H and O–H groups in total. The van der Waals surface area contributed by atoms with Crippen molar-refractivity contribution < 1.29 is 9.32 Å². The summed E-state index contributed by atoms with van der Waals surface area (Å²) in [4.78, 5) is 12.1. The molecular weight excluding hydrogens is 302 g/mol. The van der Waals surface area contributed by atoms with Crippen LogP contribution in [0.2, 0.25) is 0 Å². The van der Waals surface area contributed by atoms with Crippen molar-refractivity contribution in [3.63, 3.8) is 0 Å². The Kier molecular flexibility index (Phi) is 7.08. The number of halogens is 1. The second kappa shape index (κ2) is 8.56. The van der Waals surface area contributed by atoms with Crippen LogP contribution in [0.15, 0.2) is 40.9 Å². The van der Waals surface area contributed by atoms with Gasteiger partial charge in [0.2, 0.25) is 5.76 Å². The van der Waals surface area contributed by atoms with E-state index >= 15 is 0 Å². The molecule has 2 aromatic rings. The summed E-state index contributed by atoms with van der Waals surface area (Å²) in [6, 6.07) is 11.2. The number of nitrogens with zero attached hydrogens (tertiary/aromatic N) is 1. The molecule has 22 heavy (non-hydrogen) atoms. The van der Waals surface area contributed by atoms with E-state index in [0.717, 1.165) is 12.0 Å². The number of rotatable bonds is 6. The Balaban J connectivity index is 0.00000242. The molecule has 0 saturated heterocycles. The molecule has 0 aliphatic carbocycles. The molecule has 120 valence electrons. The molecule has 0 aliphatic rings. The Hall–Kier alpha value is -1.85. The standard InChI is InChI=1S/C16H21N3O2.ClH/c1-11(2)8-13(10-17)18-16(20)15-9-14(19-21-15)12-6-4-3-5-7-12;/h3-7,9,11,13H,8,10,17H2,1-2H3,(H,18,20);1H. The minimum Gasteiger partial charge on any atom is -0.350 e. The maximum absolute atomic E-state index is 12.1. The predicted molar refractivity (Wildman–Crippen MR) is 89.0 cm³/mol. The van der Waals surface area contributed by atoms with Crippen molar-refractivity contribution in [3.05, 3.63) is 42.2 Å². The number of amides is 1. The highest BCUT2D eigenvalue weighted by Gasteiger charge is 2.18.